The molecular weight excluding hydrogens is 274 g/mol. The third-order valence-corrected chi connectivity index (χ3v) is 2.43. The molecule has 6 heteroatoms. The molecule has 0 aliphatic carbocycles. The maximum Gasteiger partial charge on any atom is 0.407 e. The molecule has 0 fully saturated rings. The Bertz CT molecular complexity index is 519. The van der Waals surface area contributed by atoms with Gasteiger partial charge < -0.3 is 19.9 Å². The Kier molecular flexibility index (Phi) is 5.58. The molecule has 0 aliphatic rings. The van der Waals surface area contributed by atoms with Crippen LogP contribution in [0.3, 0.4) is 0 Å². The van der Waals surface area contributed by atoms with Gasteiger partial charge in [0.1, 0.15) is 11.4 Å². The van der Waals surface area contributed by atoms with Crippen molar-refractivity contribution in [3.8, 4) is 5.75 Å². The highest BCUT2D eigenvalue weighted by atomic mass is 16.6. The van der Waals surface area contributed by atoms with Gasteiger partial charge in [0.15, 0.2) is 0 Å². The van der Waals surface area contributed by atoms with Crippen LogP contribution in [0.25, 0.3) is 0 Å². The van der Waals surface area contributed by atoms with Crippen LogP contribution in [0, 0.1) is 0 Å². The summed E-state index contributed by atoms with van der Waals surface area (Å²) in [5.74, 6) is -0.491. The predicted octanol–water partition coefficient (Wildman–Crippen LogP) is 2.81. The van der Waals surface area contributed by atoms with Gasteiger partial charge in [0.05, 0.1) is 12.2 Å². The van der Waals surface area contributed by atoms with Crippen LogP contribution in [0.4, 0.5) is 4.79 Å². The van der Waals surface area contributed by atoms with Crippen LogP contribution >= 0.6 is 0 Å². The zero-order chi connectivity index (χ0) is 16.0. The molecule has 0 saturated heterocycles. The van der Waals surface area contributed by atoms with Crippen LogP contribution in [-0.2, 0) is 11.3 Å². The first-order valence-electron chi connectivity index (χ1n) is 6.69. The van der Waals surface area contributed by atoms with Crippen molar-refractivity contribution in [2.24, 2.45) is 0 Å². The Morgan fingerprint density at radius 2 is 1.95 bits per heavy atom. The lowest BCUT2D eigenvalue weighted by Gasteiger charge is -2.20. The van der Waals surface area contributed by atoms with Crippen LogP contribution in [-0.4, -0.2) is 29.4 Å². The van der Waals surface area contributed by atoms with Crippen LogP contribution in [0.1, 0.15) is 43.6 Å². The minimum Gasteiger partial charge on any atom is -0.494 e. The molecule has 21 heavy (non-hydrogen) atoms. The van der Waals surface area contributed by atoms with Gasteiger partial charge in [-0.15, -0.1) is 0 Å². The maximum atomic E-state index is 11.6. The van der Waals surface area contributed by atoms with E-state index in [1.54, 1.807) is 26.8 Å². The Balaban J connectivity index is 2.82. The number of carboxylic acid groups (broad SMARTS) is 1. The third-order valence-electron chi connectivity index (χ3n) is 2.43. The van der Waals surface area contributed by atoms with Crippen molar-refractivity contribution in [1.29, 1.82) is 0 Å². The molecule has 0 aromatic heterocycles. The summed E-state index contributed by atoms with van der Waals surface area (Å²) in [6, 6.07) is 4.52. The number of hydrogen-bond donors (Lipinski definition) is 2. The van der Waals surface area contributed by atoms with Crippen LogP contribution in [0.2, 0.25) is 0 Å². The Morgan fingerprint density at radius 1 is 1.29 bits per heavy atom. The van der Waals surface area contributed by atoms with E-state index in [0.29, 0.717) is 17.9 Å². The monoisotopic (exact) mass is 295 g/mol. The minimum atomic E-state index is -1.03. The van der Waals surface area contributed by atoms with Gasteiger partial charge in [0, 0.05) is 12.1 Å². The molecule has 0 bridgehead atoms. The first-order chi connectivity index (χ1) is 9.73. The largest absolute Gasteiger partial charge is 0.494 e. The Morgan fingerprint density at radius 3 is 2.48 bits per heavy atom. The first kappa shape index (κ1) is 16.8. The number of amides is 1. The lowest BCUT2D eigenvalue weighted by atomic mass is 10.1. The normalized spacial score (nSPS) is 10.9. The molecule has 0 heterocycles. The SMILES string of the molecule is CCOc1ccc(C(=O)O)cc1CNC(=O)OC(C)(C)C. The minimum absolute atomic E-state index is 0.130. The van der Waals surface area contributed by atoms with Crippen molar-refractivity contribution in [3.63, 3.8) is 0 Å². The van der Waals surface area contributed by atoms with Crippen LogP contribution < -0.4 is 10.1 Å². The van der Waals surface area contributed by atoms with E-state index in [4.69, 9.17) is 14.6 Å². The van der Waals surface area contributed by atoms with Gasteiger partial charge in [-0.25, -0.2) is 9.59 Å². The van der Waals surface area contributed by atoms with Gasteiger partial charge in [0.2, 0.25) is 0 Å². The van der Waals surface area contributed by atoms with Crippen molar-refractivity contribution in [2.75, 3.05) is 6.61 Å². The molecular formula is C15H21NO5. The number of benzene rings is 1. The molecule has 0 unspecified atom stereocenters. The smallest absolute Gasteiger partial charge is 0.407 e. The lowest BCUT2D eigenvalue weighted by molar-refractivity contribution is 0.0523. The highest BCUT2D eigenvalue weighted by molar-refractivity contribution is 5.88. The Hall–Kier alpha value is -2.24. The van der Waals surface area contributed by atoms with E-state index in [0.717, 1.165) is 0 Å². The van der Waals surface area contributed by atoms with E-state index in [1.807, 2.05) is 6.92 Å². The standard InChI is InChI=1S/C15H21NO5/c1-5-20-12-7-6-10(13(17)18)8-11(12)9-16-14(19)21-15(2,3)4/h6-8H,5,9H2,1-4H3,(H,16,19)(H,17,18). The molecule has 0 aliphatic heterocycles. The lowest BCUT2D eigenvalue weighted by Crippen LogP contribution is -2.32. The number of hydrogen-bond acceptors (Lipinski definition) is 4. The zero-order valence-electron chi connectivity index (χ0n) is 12.7. The fraction of sp³-hybridized carbons (Fsp3) is 0.467. The van der Waals surface area contributed by atoms with Crippen LogP contribution in [0.15, 0.2) is 18.2 Å². The summed E-state index contributed by atoms with van der Waals surface area (Å²) in [6.07, 6.45) is -0.564. The van der Waals surface area contributed by atoms with Gasteiger partial charge in [-0.2, -0.15) is 0 Å². The highest BCUT2D eigenvalue weighted by Crippen LogP contribution is 2.20. The Labute approximate surface area is 124 Å². The van der Waals surface area contributed by atoms with Gasteiger partial charge in [-0.05, 0) is 45.9 Å². The summed E-state index contributed by atoms with van der Waals surface area (Å²) in [7, 11) is 0. The van der Waals surface area contributed by atoms with E-state index in [9.17, 15) is 9.59 Å². The second-order valence-electron chi connectivity index (χ2n) is 5.42. The molecule has 0 radical (unpaired) electrons. The molecule has 116 valence electrons. The first-order valence-corrected chi connectivity index (χ1v) is 6.69. The van der Waals surface area contributed by atoms with Crippen molar-refractivity contribution < 1.29 is 24.2 Å². The van der Waals surface area contributed by atoms with E-state index < -0.39 is 17.7 Å². The number of nitrogens with one attached hydrogen (secondary N) is 1. The topological polar surface area (TPSA) is 84.9 Å². The number of alkyl carbamates (subject to hydrolysis) is 1. The summed E-state index contributed by atoms with van der Waals surface area (Å²) in [5, 5.41) is 11.6. The van der Waals surface area contributed by atoms with E-state index >= 15 is 0 Å². The molecule has 1 aromatic rings. The summed E-state index contributed by atoms with van der Waals surface area (Å²) in [5.41, 5.74) is 0.137. The van der Waals surface area contributed by atoms with Gasteiger partial charge in [-0.1, -0.05) is 0 Å². The van der Waals surface area contributed by atoms with Gasteiger partial charge in [-0.3, -0.25) is 0 Å². The van der Waals surface area contributed by atoms with Gasteiger partial charge >= 0.3 is 12.1 Å². The summed E-state index contributed by atoms with van der Waals surface area (Å²) < 4.78 is 10.5. The van der Waals surface area contributed by atoms with Crippen molar-refractivity contribution >= 4 is 12.1 Å². The molecule has 6 nitrogen and oxygen atoms in total. The summed E-state index contributed by atoms with van der Waals surface area (Å²) >= 11 is 0. The highest BCUT2D eigenvalue weighted by Gasteiger charge is 2.17. The quantitative estimate of drug-likeness (QED) is 0.872. The second kappa shape index (κ2) is 6.97. The van der Waals surface area contributed by atoms with Crippen molar-refractivity contribution in [2.45, 2.75) is 39.8 Å². The molecule has 0 saturated carbocycles. The second-order valence-corrected chi connectivity index (χ2v) is 5.42. The summed E-state index contributed by atoms with van der Waals surface area (Å²) in [6.45, 7) is 7.71. The average Bonchev–Trinajstić information content (AvgIpc) is 2.35. The summed E-state index contributed by atoms with van der Waals surface area (Å²) in [4.78, 5) is 22.6. The number of carboxylic acids is 1. The number of carbonyl (C=O) groups is 2. The fourth-order valence-electron chi connectivity index (χ4n) is 1.63. The molecule has 1 rings (SSSR count). The molecule has 0 spiro atoms. The molecule has 1 aromatic carbocycles. The fourth-order valence-corrected chi connectivity index (χ4v) is 1.63. The number of aromatic carboxylic acids is 1. The molecule has 1 amide bonds. The third kappa shape index (κ3) is 5.72. The van der Waals surface area contributed by atoms with E-state index in [2.05, 4.69) is 5.32 Å². The van der Waals surface area contributed by atoms with E-state index in [-0.39, 0.29) is 12.1 Å². The predicted molar refractivity (Wildman–Crippen MR) is 77.6 cm³/mol. The van der Waals surface area contributed by atoms with Gasteiger partial charge in [0.25, 0.3) is 0 Å². The molecule has 0 atom stereocenters. The van der Waals surface area contributed by atoms with Crippen LogP contribution in [0.5, 0.6) is 5.75 Å². The average molecular weight is 295 g/mol. The van der Waals surface area contributed by atoms with E-state index in [1.165, 1.54) is 12.1 Å². The number of carbonyl (C=O) groups excluding carboxylic acids is 1. The van der Waals surface area contributed by atoms with Crippen molar-refractivity contribution in [3.05, 3.63) is 29.3 Å². The van der Waals surface area contributed by atoms with Crippen molar-refractivity contribution in [1.82, 2.24) is 5.32 Å². The number of rotatable bonds is 5. The number of ether oxygens (including phenoxy) is 2. The maximum absolute atomic E-state index is 11.6. The molecule has 2 N–H and O–H groups in total. The zero-order valence-corrected chi connectivity index (χ0v) is 12.7.